The van der Waals surface area contributed by atoms with Gasteiger partial charge in [-0.1, -0.05) is 0 Å². The molecule has 1 spiro atoms. The fraction of sp³-hybridized carbons (Fsp3) is 0.737. The number of aromatic nitrogens is 1. The molecule has 138 valence electrons. The van der Waals surface area contributed by atoms with Gasteiger partial charge in [0.05, 0.1) is 18.9 Å². The van der Waals surface area contributed by atoms with Crippen LogP contribution in [0.3, 0.4) is 0 Å². The number of aryl methyl sites for hydroxylation is 1. The highest BCUT2D eigenvalue weighted by atomic mass is 32.2. The maximum Gasteiger partial charge on any atom is 0.213 e. The van der Waals surface area contributed by atoms with Crippen LogP contribution in [-0.4, -0.2) is 64.7 Å². The molecule has 4 rings (SSSR count). The van der Waals surface area contributed by atoms with E-state index in [0.717, 1.165) is 37.9 Å². The van der Waals surface area contributed by atoms with Crippen LogP contribution in [0.2, 0.25) is 0 Å². The molecule has 3 fully saturated rings. The lowest BCUT2D eigenvalue weighted by molar-refractivity contribution is -0.0269. The first-order valence-electron chi connectivity index (χ1n) is 9.44. The van der Waals surface area contributed by atoms with Crippen LogP contribution in [0.15, 0.2) is 17.0 Å². The molecule has 3 heterocycles. The van der Waals surface area contributed by atoms with Gasteiger partial charge in [0.25, 0.3) is 0 Å². The second kappa shape index (κ2) is 7.06. The molecule has 1 saturated carbocycles. The van der Waals surface area contributed by atoms with Gasteiger partial charge in [0.2, 0.25) is 5.88 Å². The molecule has 1 aromatic rings. The Hall–Kier alpha value is -0.820. The van der Waals surface area contributed by atoms with Gasteiger partial charge in [-0.25, -0.2) is 9.29 Å². The quantitative estimate of drug-likeness (QED) is 0.830. The Morgan fingerprint density at radius 3 is 2.64 bits per heavy atom. The lowest BCUT2D eigenvalue weighted by Gasteiger charge is -2.43. The van der Waals surface area contributed by atoms with Gasteiger partial charge in [-0.05, 0) is 62.5 Å². The first-order valence-corrected chi connectivity index (χ1v) is 10.2. The number of methoxy groups -OCH3 is 1. The summed E-state index contributed by atoms with van der Waals surface area (Å²) in [5.74, 6) is 0.688. The molecule has 0 radical (unpaired) electrons. The summed E-state index contributed by atoms with van der Waals surface area (Å²) in [7, 11) is 1.66. The summed E-state index contributed by atoms with van der Waals surface area (Å²) in [6.45, 7) is 6.16. The third kappa shape index (κ3) is 3.68. The smallest absolute Gasteiger partial charge is 0.213 e. The van der Waals surface area contributed by atoms with Gasteiger partial charge in [-0.2, -0.15) is 0 Å². The average molecular weight is 364 g/mol. The van der Waals surface area contributed by atoms with Crippen molar-refractivity contribution >= 4 is 11.9 Å². The number of hydrogen-bond acceptors (Lipinski definition) is 6. The van der Waals surface area contributed by atoms with E-state index < -0.39 is 0 Å². The minimum atomic E-state index is -0.0730. The molecule has 1 unspecified atom stereocenters. The summed E-state index contributed by atoms with van der Waals surface area (Å²) in [5.41, 5.74) is 1.59. The predicted molar refractivity (Wildman–Crippen MR) is 99.8 cm³/mol. The van der Waals surface area contributed by atoms with Crippen LogP contribution in [-0.2, 0) is 0 Å². The standard InChI is InChI=1S/C19H29N3O2S/c1-14-17(3-4-18(20-14)24-2)25-22-9-7-19(8-10-22)6-5-15(11-19)21-12-16(23)13-21/h3-4,15-16,23H,5-13H2,1-2H3. The number of likely N-dealkylation sites (tertiary alicyclic amines) is 1. The molecule has 3 aliphatic rings. The number of aliphatic hydroxyl groups excluding tert-OH is 1. The number of rotatable bonds is 4. The summed E-state index contributed by atoms with van der Waals surface area (Å²) in [6, 6.07) is 4.79. The largest absolute Gasteiger partial charge is 0.481 e. The van der Waals surface area contributed by atoms with Crippen molar-refractivity contribution in [3.05, 3.63) is 17.8 Å². The van der Waals surface area contributed by atoms with Gasteiger partial charge in [-0.3, -0.25) is 4.90 Å². The maximum atomic E-state index is 9.55. The Morgan fingerprint density at radius 2 is 2.00 bits per heavy atom. The van der Waals surface area contributed by atoms with Crippen LogP contribution in [0.25, 0.3) is 0 Å². The molecule has 2 saturated heterocycles. The SMILES string of the molecule is COc1ccc(SN2CCC3(CCC(N4CC(O)C4)C3)CC2)c(C)n1. The molecule has 0 aromatic carbocycles. The van der Waals surface area contributed by atoms with Crippen molar-refractivity contribution < 1.29 is 9.84 Å². The number of β-amino-alcohol motifs (C(OH)–C–C–N with tert-alkyl or cyclic N) is 1. The molecule has 1 aromatic heterocycles. The fourth-order valence-corrected chi connectivity index (χ4v) is 5.60. The Bertz CT molecular complexity index is 613. The number of ether oxygens (including phenoxy) is 1. The molecule has 1 atom stereocenters. The van der Waals surface area contributed by atoms with E-state index in [9.17, 15) is 5.11 Å². The molecular weight excluding hydrogens is 334 g/mol. The van der Waals surface area contributed by atoms with Crippen molar-refractivity contribution in [1.29, 1.82) is 0 Å². The fourth-order valence-electron chi connectivity index (χ4n) is 4.65. The molecular formula is C19H29N3O2S. The number of piperidine rings is 1. The van der Waals surface area contributed by atoms with E-state index in [1.165, 1.54) is 37.0 Å². The van der Waals surface area contributed by atoms with Crippen LogP contribution in [0.5, 0.6) is 5.88 Å². The van der Waals surface area contributed by atoms with Crippen LogP contribution in [0, 0.1) is 12.3 Å². The van der Waals surface area contributed by atoms with Crippen molar-refractivity contribution in [3.63, 3.8) is 0 Å². The average Bonchev–Trinajstić information content (AvgIpc) is 2.99. The third-order valence-electron chi connectivity index (χ3n) is 6.31. The molecule has 1 N–H and O–H groups in total. The minimum absolute atomic E-state index is 0.0730. The summed E-state index contributed by atoms with van der Waals surface area (Å²) in [4.78, 5) is 8.21. The van der Waals surface area contributed by atoms with Gasteiger partial charge in [0.15, 0.2) is 0 Å². The Morgan fingerprint density at radius 1 is 1.24 bits per heavy atom. The Kier molecular flexibility index (Phi) is 4.97. The van der Waals surface area contributed by atoms with E-state index in [1.54, 1.807) is 7.11 Å². The molecule has 0 bridgehead atoms. The van der Waals surface area contributed by atoms with E-state index in [2.05, 4.69) is 27.2 Å². The zero-order chi connectivity index (χ0) is 17.4. The Balaban J connectivity index is 1.30. The number of aliphatic hydroxyl groups is 1. The molecule has 25 heavy (non-hydrogen) atoms. The van der Waals surface area contributed by atoms with Crippen molar-refractivity contribution in [2.24, 2.45) is 5.41 Å². The van der Waals surface area contributed by atoms with Crippen LogP contribution in [0.1, 0.15) is 37.8 Å². The number of hydrogen-bond donors (Lipinski definition) is 1. The van der Waals surface area contributed by atoms with E-state index >= 15 is 0 Å². The highest BCUT2D eigenvalue weighted by molar-refractivity contribution is 7.97. The third-order valence-corrected chi connectivity index (χ3v) is 7.57. The monoisotopic (exact) mass is 363 g/mol. The lowest BCUT2D eigenvalue weighted by atomic mass is 9.77. The predicted octanol–water partition coefficient (Wildman–Crippen LogP) is 2.72. The highest BCUT2D eigenvalue weighted by Gasteiger charge is 2.45. The highest BCUT2D eigenvalue weighted by Crippen LogP contribution is 2.49. The van der Waals surface area contributed by atoms with Crippen LogP contribution >= 0.6 is 11.9 Å². The summed E-state index contributed by atoms with van der Waals surface area (Å²) in [5, 5.41) is 9.55. The van der Waals surface area contributed by atoms with Gasteiger partial charge in [-0.15, -0.1) is 0 Å². The second-order valence-electron chi connectivity index (χ2n) is 7.96. The van der Waals surface area contributed by atoms with E-state index in [1.807, 2.05) is 18.0 Å². The molecule has 2 aliphatic heterocycles. The van der Waals surface area contributed by atoms with E-state index in [-0.39, 0.29) is 6.10 Å². The lowest BCUT2D eigenvalue weighted by Crippen LogP contribution is -2.55. The number of pyridine rings is 1. The summed E-state index contributed by atoms with van der Waals surface area (Å²) in [6.07, 6.45) is 6.55. The normalized spacial score (nSPS) is 27.6. The zero-order valence-electron chi connectivity index (χ0n) is 15.3. The Labute approximate surface area is 154 Å². The van der Waals surface area contributed by atoms with E-state index in [4.69, 9.17) is 4.74 Å². The maximum absolute atomic E-state index is 9.55. The van der Waals surface area contributed by atoms with Crippen LogP contribution in [0.4, 0.5) is 0 Å². The van der Waals surface area contributed by atoms with Crippen molar-refractivity contribution in [3.8, 4) is 5.88 Å². The van der Waals surface area contributed by atoms with Crippen LogP contribution < -0.4 is 4.74 Å². The minimum Gasteiger partial charge on any atom is -0.481 e. The van der Waals surface area contributed by atoms with Crippen molar-refractivity contribution in [1.82, 2.24) is 14.2 Å². The number of nitrogens with zero attached hydrogens (tertiary/aromatic N) is 3. The van der Waals surface area contributed by atoms with Gasteiger partial charge in [0, 0.05) is 43.2 Å². The first-order chi connectivity index (χ1) is 12.1. The van der Waals surface area contributed by atoms with Crippen molar-refractivity contribution in [2.75, 3.05) is 33.3 Å². The zero-order valence-corrected chi connectivity index (χ0v) is 16.1. The van der Waals surface area contributed by atoms with E-state index in [0.29, 0.717) is 11.3 Å². The molecule has 1 aliphatic carbocycles. The molecule has 6 heteroatoms. The molecule has 5 nitrogen and oxygen atoms in total. The summed E-state index contributed by atoms with van der Waals surface area (Å²) < 4.78 is 7.70. The van der Waals surface area contributed by atoms with Gasteiger partial charge in [0.1, 0.15) is 0 Å². The summed E-state index contributed by atoms with van der Waals surface area (Å²) >= 11 is 1.85. The van der Waals surface area contributed by atoms with Crippen molar-refractivity contribution in [2.45, 2.75) is 56.1 Å². The topological polar surface area (TPSA) is 48.8 Å². The first kappa shape index (κ1) is 17.6. The second-order valence-corrected chi connectivity index (χ2v) is 9.10. The van der Waals surface area contributed by atoms with Gasteiger partial charge < -0.3 is 9.84 Å². The van der Waals surface area contributed by atoms with Gasteiger partial charge >= 0.3 is 0 Å². The molecule has 0 amide bonds.